The average molecular weight is 520 g/mol. The maximum absolute atomic E-state index is 12.0. The predicted molar refractivity (Wildman–Crippen MR) is 128 cm³/mol. The Morgan fingerprint density at radius 3 is 1.69 bits per heavy atom. The molecule has 0 aliphatic heterocycles. The Balaban J connectivity index is 1.87. The van der Waals surface area contributed by atoms with Gasteiger partial charge in [0, 0.05) is 17.6 Å². The summed E-state index contributed by atoms with van der Waals surface area (Å²) < 4.78 is 32.1. The van der Waals surface area contributed by atoms with E-state index in [-0.39, 0.29) is 12.6 Å². The number of ether oxygens (including phenoxy) is 6. The average Bonchev–Trinajstić information content (AvgIpc) is 2.81. The summed E-state index contributed by atoms with van der Waals surface area (Å²) in [7, 11) is 0. The third-order valence-corrected chi connectivity index (χ3v) is 4.47. The number of hydrogen-bond acceptors (Lipinski definition) is 8. The highest BCUT2D eigenvalue weighted by atomic mass is 79.9. The summed E-state index contributed by atoms with van der Waals surface area (Å²) in [5.74, 6) is -0.349. The van der Waals surface area contributed by atoms with Crippen molar-refractivity contribution < 1.29 is 33.2 Å². The van der Waals surface area contributed by atoms with Crippen molar-refractivity contribution in [3.63, 3.8) is 0 Å². The van der Waals surface area contributed by atoms with Gasteiger partial charge in [-0.1, -0.05) is 29.3 Å². The molecule has 0 aliphatic rings. The number of unbranched alkanes of at least 4 members (excludes halogenated alkanes) is 1. The van der Waals surface area contributed by atoms with Gasteiger partial charge in [0.15, 0.2) is 0 Å². The minimum absolute atomic E-state index is 0.208. The Labute approximate surface area is 200 Å². The molecule has 0 fully saturated rings. The van der Waals surface area contributed by atoms with Gasteiger partial charge in [0.25, 0.3) is 0 Å². The first-order valence-corrected chi connectivity index (χ1v) is 12.4. The molecule has 0 aliphatic carbocycles. The lowest BCUT2D eigenvalue weighted by atomic mass is 10.2. The molecule has 0 bridgehead atoms. The summed E-state index contributed by atoms with van der Waals surface area (Å²) >= 11 is 3.29. The van der Waals surface area contributed by atoms with E-state index in [1.54, 1.807) is 12.1 Å². The number of rotatable bonds is 22. The van der Waals surface area contributed by atoms with E-state index in [0.29, 0.717) is 71.6 Å². The van der Waals surface area contributed by atoms with Gasteiger partial charge in [0.1, 0.15) is 6.61 Å². The minimum Gasteiger partial charge on any atom is -0.460 e. The van der Waals surface area contributed by atoms with Crippen LogP contribution in [0.4, 0.5) is 5.69 Å². The largest absolute Gasteiger partial charge is 0.460 e. The second-order valence-corrected chi connectivity index (χ2v) is 7.54. The van der Waals surface area contributed by atoms with Crippen molar-refractivity contribution >= 4 is 27.6 Å². The lowest BCUT2D eigenvalue weighted by molar-refractivity contribution is -0.0144. The molecule has 0 aromatic heterocycles. The molecule has 1 rings (SSSR count). The molecular weight excluding hydrogens is 482 g/mol. The molecule has 0 spiro atoms. The molecular formula is C23H38BrNO7. The molecule has 32 heavy (non-hydrogen) atoms. The molecule has 0 amide bonds. The number of carbonyl (C=O) groups excluding carboxylic acids is 1. The van der Waals surface area contributed by atoms with Crippen molar-refractivity contribution in [3.8, 4) is 0 Å². The normalized spacial score (nSPS) is 10.9. The minimum atomic E-state index is -0.349. The number of benzene rings is 1. The number of carbonyl (C=O) groups is 1. The maximum atomic E-state index is 12.0. The Hall–Kier alpha value is -1.23. The van der Waals surface area contributed by atoms with Crippen LogP contribution < -0.4 is 5.32 Å². The van der Waals surface area contributed by atoms with E-state index in [0.717, 1.165) is 30.4 Å². The summed E-state index contributed by atoms with van der Waals surface area (Å²) in [6, 6.07) is 7.30. The summed E-state index contributed by atoms with van der Waals surface area (Å²) in [6.45, 7) is 8.45. The summed E-state index contributed by atoms with van der Waals surface area (Å²) in [5, 5.41) is 4.15. The third kappa shape index (κ3) is 16.4. The molecule has 1 N–H and O–H groups in total. The third-order valence-electron chi connectivity index (χ3n) is 4.15. The van der Waals surface area contributed by atoms with Crippen LogP contribution >= 0.6 is 15.9 Å². The van der Waals surface area contributed by atoms with Crippen molar-refractivity contribution in [2.24, 2.45) is 0 Å². The molecule has 1 aromatic rings. The highest BCUT2D eigenvalue weighted by Gasteiger charge is 2.06. The van der Waals surface area contributed by atoms with Crippen LogP contribution in [0, 0.1) is 0 Å². The second-order valence-electron chi connectivity index (χ2n) is 6.74. The molecule has 0 unspecified atom stereocenters. The molecule has 0 radical (unpaired) electrons. The number of alkyl halides is 1. The van der Waals surface area contributed by atoms with E-state index in [1.807, 2.05) is 12.1 Å². The Kier molecular flexibility index (Phi) is 19.4. The second kappa shape index (κ2) is 21.6. The van der Waals surface area contributed by atoms with Gasteiger partial charge in [-0.05, 0) is 30.7 Å². The van der Waals surface area contributed by atoms with Crippen LogP contribution in [-0.4, -0.2) is 90.5 Å². The van der Waals surface area contributed by atoms with Crippen LogP contribution in [0.2, 0.25) is 0 Å². The quantitative estimate of drug-likeness (QED) is 0.141. The lowest BCUT2D eigenvalue weighted by Crippen LogP contribution is -2.15. The molecule has 184 valence electrons. The van der Waals surface area contributed by atoms with E-state index in [2.05, 4.69) is 28.2 Å². The molecule has 0 saturated carbocycles. The van der Waals surface area contributed by atoms with Crippen molar-refractivity contribution in [3.05, 3.63) is 29.8 Å². The Bertz CT molecular complexity index is 560. The van der Waals surface area contributed by atoms with Crippen LogP contribution in [0.3, 0.4) is 0 Å². The van der Waals surface area contributed by atoms with E-state index >= 15 is 0 Å². The number of anilines is 1. The molecule has 0 atom stereocenters. The molecule has 9 heteroatoms. The summed E-state index contributed by atoms with van der Waals surface area (Å²) in [6.07, 6.45) is 2.26. The van der Waals surface area contributed by atoms with Gasteiger partial charge in [0.2, 0.25) is 0 Å². The lowest BCUT2D eigenvalue weighted by Gasteiger charge is -2.09. The maximum Gasteiger partial charge on any atom is 0.338 e. The van der Waals surface area contributed by atoms with Crippen LogP contribution in [-0.2, 0) is 28.4 Å². The number of esters is 1. The number of nitrogens with one attached hydrogen (secondary N) is 1. The zero-order chi connectivity index (χ0) is 23.1. The van der Waals surface area contributed by atoms with Crippen molar-refractivity contribution in [2.45, 2.75) is 19.8 Å². The van der Waals surface area contributed by atoms with Gasteiger partial charge in [-0.25, -0.2) is 4.79 Å². The van der Waals surface area contributed by atoms with E-state index in [1.165, 1.54) is 0 Å². The standard InChI is InChI=1S/C23H38BrNO7/c1-2-3-9-25-22-6-4-21(5-7-22)23(26)32-20-19-31-18-17-30-16-15-29-14-13-28-12-11-27-10-8-24/h4-7,25H,2-3,8-20H2,1H3. The SMILES string of the molecule is CCCCNc1ccc(C(=O)OCCOCCOCCOCCOCCOCCBr)cc1. The Morgan fingerprint density at radius 2 is 1.22 bits per heavy atom. The van der Waals surface area contributed by atoms with Gasteiger partial charge >= 0.3 is 5.97 Å². The van der Waals surface area contributed by atoms with Crippen molar-refractivity contribution in [1.29, 1.82) is 0 Å². The monoisotopic (exact) mass is 519 g/mol. The van der Waals surface area contributed by atoms with Gasteiger partial charge in [-0.15, -0.1) is 0 Å². The van der Waals surface area contributed by atoms with E-state index < -0.39 is 0 Å². The first-order valence-electron chi connectivity index (χ1n) is 11.2. The molecule has 0 saturated heterocycles. The molecule has 0 heterocycles. The fourth-order valence-corrected chi connectivity index (χ4v) is 2.68. The number of halogens is 1. The topological polar surface area (TPSA) is 84.5 Å². The van der Waals surface area contributed by atoms with Crippen molar-refractivity contribution in [1.82, 2.24) is 0 Å². The first-order chi connectivity index (χ1) is 15.8. The van der Waals surface area contributed by atoms with Gasteiger partial charge < -0.3 is 33.7 Å². The smallest absolute Gasteiger partial charge is 0.338 e. The predicted octanol–water partition coefficient (Wildman–Crippen LogP) is 3.53. The highest BCUT2D eigenvalue weighted by molar-refractivity contribution is 9.09. The highest BCUT2D eigenvalue weighted by Crippen LogP contribution is 2.10. The zero-order valence-corrected chi connectivity index (χ0v) is 20.7. The van der Waals surface area contributed by atoms with Gasteiger partial charge in [0.05, 0.1) is 71.6 Å². The van der Waals surface area contributed by atoms with E-state index in [4.69, 9.17) is 28.4 Å². The van der Waals surface area contributed by atoms with Crippen LogP contribution in [0.1, 0.15) is 30.1 Å². The number of hydrogen-bond donors (Lipinski definition) is 1. The Morgan fingerprint density at radius 1 is 0.750 bits per heavy atom. The molecule has 8 nitrogen and oxygen atoms in total. The summed E-state index contributed by atoms with van der Waals surface area (Å²) in [5.41, 5.74) is 1.53. The zero-order valence-electron chi connectivity index (χ0n) is 19.2. The molecule has 1 aromatic carbocycles. The van der Waals surface area contributed by atoms with Gasteiger partial charge in [-0.3, -0.25) is 0 Å². The van der Waals surface area contributed by atoms with Gasteiger partial charge in [-0.2, -0.15) is 0 Å². The van der Waals surface area contributed by atoms with Crippen LogP contribution in [0.5, 0.6) is 0 Å². The summed E-state index contributed by atoms with van der Waals surface area (Å²) in [4.78, 5) is 12.0. The fourth-order valence-electron chi connectivity index (χ4n) is 2.45. The van der Waals surface area contributed by atoms with E-state index in [9.17, 15) is 4.79 Å². The van der Waals surface area contributed by atoms with Crippen LogP contribution in [0.15, 0.2) is 24.3 Å². The first kappa shape index (κ1) is 28.8. The van der Waals surface area contributed by atoms with Crippen LogP contribution in [0.25, 0.3) is 0 Å². The fraction of sp³-hybridized carbons (Fsp3) is 0.696. The van der Waals surface area contributed by atoms with Crippen molar-refractivity contribution in [2.75, 3.05) is 89.9 Å².